The molecule has 10 atom stereocenters. The number of rotatable bonds is 5. The molecule has 12 nitrogen and oxygen atoms in total. The molecule has 1 amide bonds. The molecule has 2 rings (SSSR count). The van der Waals surface area contributed by atoms with Crippen LogP contribution in [0.3, 0.4) is 0 Å². The molecule has 0 aliphatic carbocycles. The van der Waals surface area contributed by atoms with Crippen LogP contribution in [-0.2, 0) is 19.0 Å². The van der Waals surface area contributed by atoms with Crippen molar-refractivity contribution in [3.63, 3.8) is 0 Å². The highest BCUT2D eigenvalue weighted by molar-refractivity contribution is 5.73. The van der Waals surface area contributed by atoms with Crippen LogP contribution in [0.15, 0.2) is 0 Å². The summed E-state index contributed by atoms with van der Waals surface area (Å²) in [5.41, 5.74) is 5.63. The van der Waals surface area contributed by atoms with E-state index in [1.165, 1.54) is 6.92 Å². The van der Waals surface area contributed by atoms with Crippen molar-refractivity contribution < 1.29 is 49.6 Å². The standard InChI is InChI=1S/C14H26N2O10/c1-4(19)16-8-11(22)9(20)5(2-17)25-14(8)26-12-6(3-18)24-13(23)7(15)10(12)21/h5-14,17-18,20-23H,2-3,15H2,1H3,(H,16,19)/t5-,6-,7-,8-,9-,10-,11-,12-,13-,14?/m1/s1. The number of amides is 1. The number of hydrogen-bond acceptors (Lipinski definition) is 11. The molecule has 152 valence electrons. The van der Waals surface area contributed by atoms with Crippen molar-refractivity contribution in [2.45, 2.75) is 68.2 Å². The van der Waals surface area contributed by atoms with E-state index in [9.17, 15) is 35.4 Å². The topological polar surface area (TPSA) is 204 Å². The first kappa shape index (κ1) is 21.4. The highest BCUT2D eigenvalue weighted by Crippen LogP contribution is 2.28. The van der Waals surface area contributed by atoms with Gasteiger partial charge in [0, 0.05) is 6.92 Å². The van der Waals surface area contributed by atoms with E-state index in [1.54, 1.807) is 0 Å². The number of ether oxygens (including phenoxy) is 3. The molecule has 2 fully saturated rings. The Morgan fingerprint density at radius 3 is 2.19 bits per heavy atom. The van der Waals surface area contributed by atoms with Crippen molar-refractivity contribution in [2.75, 3.05) is 13.2 Å². The van der Waals surface area contributed by atoms with Crippen LogP contribution in [0.25, 0.3) is 0 Å². The van der Waals surface area contributed by atoms with Gasteiger partial charge in [0.1, 0.15) is 42.7 Å². The van der Waals surface area contributed by atoms with Crippen LogP contribution in [0.5, 0.6) is 0 Å². The molecule has 12 heteroatoms. The molecule has 2 heterocycles. The average molecular weight is 382 g/mol. The largest absolute Gasteiger partial charge is 0.394 e. The molecule has 1 unspecified atom stereocenters. The van der Waals surface area contributed by atoms with Gasteiger partial charge >= 0.3 is 0 Å². The first-order valence-electron chi connectivity index (χ1n) is 8.14. The summed E-state index contributed by atoms with van der Waals surface area (Å²) in [5, 5.41) is 61.1. The number of hydrogen-bond donors (Lipinski definition) is 8. The molecule has 0 aromatic heterocycles. The zero-order valence-electron chi connectivity index (χ0n) is 14.1. The van der Waals surface area contributed by atoms with Gasteiger partial charge in [-0.15, -0.1) is 0 Å². The molecule has 2 aliphatic heterocycles. The van der Waals surface area contributed by atoms with Crippen LogP contribution >= 0.6 is 0 Å². The lowest BCUT2D eigenvalue weighted by Crippen LogP contribution is -2.68. The molecule has 0 bridgehead atoms. The molecule has 26 heavy (non-hydrogen) atoms. The van der Waals surface area contributed by atoms with E-state index in [0.29, 0.717) is 0 Å². The van der Waals surface area contributed by atoms with Gasteiger partial charge in [-0.05, 0) is 0 Å². The second-order valence-electron chi connectivity index (χ2n) is 6.35. The minimum atomic E-state index is -1.54. The first-order valence-corrected chi connectivity index (χ1v) is 8.14. The normalized spacial score (nSPS) is 46.8. The third-order valence-electron chi connectivity index (χ3n) is 4.46. The maximum Gasteiger partial charge on any atom is 0.217 e. The molecular weight excluding hydrogens is 356 g/mol. The van der Waals surface area contributed by atoms with Crippen molar-refractivity contribution in [1.29, 1.82) is 0 Å². The van der Waals surface area contributed by atoms with E-state index in [2.05, 4.69) is 5.32 Å². The minimum Gasteiger partial charge on any atom is -0.394 e. The number of carbonyl (C=O) groups is 1. The summed E-state index contributed by atoms with van der Waals surface area (Å²) < 4.78 is 16.1. The number of nitrogens with two attached hydrogens (primary N) is 1. The second kappa shape index (κ2) is 8.84. The van der Waals surface area contributed by atoms with E-state index >= 15 is 0 Å². The Balaban J connectivity index is 2.22. The molecule has 2 aliphatic rings. The number of aliphatic hydroxyl groups is 6. The zero-order chi connectivity index (χ0) is 19.6. The van der Waals surface area contributed by atoms with E-state index < -0.39 is 80.4 Å². The van der Waals surface area contributed by atoms with Gasteiger partial charge < -0.3 is 55.9 Å². The minimum absolute atomic E-state index is 0.549. The van der Waals surface area contributed by atoms with Gasteiger partial charge in [-0.2, -0.15) is 0 Å². The van der Waals surface area contributed by atoms with Crippen LogP contribution in [0.1, 0.15) is 6.92 Å². The van der Waals surface area contributed by atoms with Crippen LogP contribution in [0, 0.1) is 0 Å². The maximum absolute atomic E-state index is 11.4. The summed E-state index contributed by atoms with van der Waals surface area (Å²) >= 11 is 0. The fourth-order valence-corrected chi connectivity index (χ4v) is 3.01. The van der Waals surface area contributed by atoms with Crippen molar-refractivity contribution in [3.8, 4) is 0 Å². The number of aliphatic hydroxyl groups excluding tert-OH is 6. The molecule has 9 N–H and O–H groups in total. The number of carbonyl (C=O) groups excluding carboxylic acids is 1. The van der Waals surface area contributed by atoms with Crippen LogP contribution in [0.4, 0.5) is 0 Å². The van der Waals surface area contributed by atoms with Crippen molar-refractivity contribution >= 4 is 5.91 Å². The predicted molar refractivity (Wildman–Crippen MR) is 82.2 cm³/mol. The Bertz CT molecular complexity index is 481. The molecule has 0 spiro atoms. The average Bonchev–Trinajstić information content (AvgIpc) is 2.60. The summed E-state index contributed by atoms with van der Waals surface area (Å²) in [5.74, 6) is -0.549. The molecule has 0 radical (unpaired) electrons. The van der Waals surface area contributed by atoms with Crippen molar-refractivity contribution in [3.05, 3.63) is 0 Å². The highest BCUT2D eigenvalue weighted by atomic mass is 16.7. The lowest BCUT2D eigenvalue weighted by Gasteiger charge is -2.46. The van der Waals surface area contributed by atoms with Crippen LogP contribution in [-0.4, -0.2) is 111 Å². The van der Waals surface area contributed by atoms with Gasteiger partial charge in [-0.3, -0.25) is 4.79 Å². The van der Waals surface area contributed by atoms with Gasteiger partial charge in [0.15, 0.2) is 12.6 Å². The summed E-state index contributed by atoms with van der Waals surface area (Å²) in [6.45, 7) is -0.0937. The summed E-state index contributed by atoms with van der Waals surface area (Å²) in [6, 6.07) is -2.48. The van der Waals surface area contributed by atoms with Gasteiger partial charge in [-0.1, -0.05) is 0 Å². The monoisotopic (exact) mass is 382 g/mol. The van der Waals surface area contributed by atoms with Gasteiger partial charge in [0.05, 0.1) is 19.3 Å². The summed E-state index contributed by atoms with van der Waals surface area (Å²) in [4.78, 5) is 11.4. The third-order valence-corrected chi connectivity index (χ3v) is 4.46. The summed E-state index contributed by atoms with van der Waals surface area (Å²) in [6.07, 6.45) is -11.1. The zero-order valence-corrected chi connectivity index (χ0v) is 14.1. The molecular formula is C14H26N2O10. The maximum atomic E-state index is 11.4. The first-order chi connectivity index (χ1) is 12.2. The Morgan fingerprint density at radius 2 is 1.65 bits per heavy atom. The smallest absolute Gasteiger partial charge is 0.217 e. The van der Waals surface area contributed by atoms with E-state index in [0.717, 1.165) is 0 Å². The fourth-order valence-electron chi connectivity index (χ4n) is 3.01. The van der Waals surface area contributed by atoms with Crippen molar-refractivity contribution in [1.82, 2.24) is 5.32 Å². The molecule has 2 saturated heterocycles. The summed E-state index contributed by atoms with van der Waals surface area (Å²) in [7, 11) is 0. The third kappa shape index (κ3) is 4.31. The predicted octanol–water partition coefficient (Wildman–Crippen LogP) is -5.29. The highest BCUT2D eigenvalue weighted by Gasteiger charge is 2.50. The van der Waals surface area contributed by atoms with Gasteiger partial charge in [0.2, 0.25) is 5.91 Å². The lowest BCUT2D eigenvalue weighted by atomic mass is 9.95. The SMILES string of the molecule is CC(=O)N[C@H]1C(O[C@H]2[C@H](O)[C@@H](N)[C@H](O)O[C@@H]2CO)O[C@H](CO)[C@@H](O)[C@@H]1O. The Hall–Kier alpha value is -0.930. The quantitative estimate of drug-likeness (QED) is 0.225. The van der Waals surface area contributed by atoms with Crippen LogP contribution < -0.4 is 11.1 Å². The molecule has 0 aromatic rings. The Kier molecular flexibility index (Phi) is 7.27. The fraction of sp³-hybridized carbons (Fsp3) is 0.929. The second-order valence-corrected chi connectivity index (χ2v) is 6.35. The molecule has 0 saturated carbocycles. The van der Waals surface area contributed by atoms with Gasteiger partial charge in [-0.25, -0.2) is 0 Å². The van der Waals surface area contributed by atoms with Crippen molar-refractivity contribution in [2.24, 2.45) is 5.73 Å². The van der Waals surface area contributed by atoms with Gasteiger partial charge in [0.25, 0.3) is 0 Å². The van der Waals surface area contributed by atoms with E-state index in [4.69, 9.17) is 19.9 Å². The lowest BCUT2D eigenvalue weighted by molar-refractivity contribution is -0.326. The number of nitrogens with one attached hydrogen (secondary N) is 1. The Morgan fingerprint density at radius 1 is 1.04 bits per heavy atom. The van der Waals surface area contributed by atoms with Crippen LogP contribution in [0.2, 0.25) is 0 Å². The van der Waals surface area contributed by atoms with E-state index in [1.807, 2.05) is 0 Å². The Labute approximate surface area is 149 Å². The van der Waals surface area contributed by atoms with E-state index in [-0.39, 0.29) is 0 Å². The molecule has 0 aromatic carbocycles.